The van der Waals surface area contributed by atoms with E-state index in [2.05, 4.69) is 31.5 Å². The molecule has 7 heteroatoms. The monoisotopic (exact) mass is 457 g/mol. The molecule has 0 aliphatic carbocycles. The van der Waals surface area contributed by atoms with E-state index in [0.29, 0.717) is 21.3 Å². The number of anilines is 1. The molecular formula is C21H17BrClN3O2. The number of nitrogens with zero attached hydrogens (tertiary/aromatic N) is 1. The molecule has 0 radical (unpaired) electrons. The van der Waals surface area contributed by atoms with E-state index in [1.54, 1.807) is 24.3 Å². The van der Waals surface area contributed by atoms with Crippen LogP contribution in [0.2, 0.25) is 5.15 Å². The minimum atomic E-state index is -0.326. The zero-order valence-corrected chi connectivity index (χ0v) is 17.3. The molecule has 28 heavy (non-hydrogen) atoms. The molecule has 0 fully saturated rings. The van der Waals surface area contributed by atoms with E-state index >= 15 is 0 Å². The highest BCUT2D eigenvalue weighted by molar-refractivity contribution is 9.10. The minimum absolute atomic E-state index is 0.139. The summed E-state index contributed by atoms with van der Waals surface area (Å²) in [6.07, 6.45) is 1.53. The molecule has 0 saturated carbocycles. The lowest BCUT2D eigenvalue weighted by Gasteiger charge is -2.10. The maximum Gasteiger partial charge on any atom is 0.255 e. The van der Waals surface area contributed by atoms with Crippen LogP contribution in [0.1, 0.15) is 31.8 Å². The predicted octanol–water partition coefficient (Wildman–Crippen LogP) is 4.99. The van der Waals surface area contributed by atoms with E-state index in [1.807, 2.05) is 37.3 Å². The fourth-order valence-corrected chi connectivity index (χ4v) is 3.05. The van der Waals surface area contributed by atoms with Crippen molar-refractivity contribution in [1.82, 2.24) is 10.3 Å². The van der Waals surface area contributed by atoms with Crippen molar-refractivity contribution in [2.24, 2.45) is 0 Å². The molecule has 5 nitrogen and oxygen atoms in total. The van der Waals surface area contributed by atoms with E-state index in [4.69, 9.17) is 11.6 Å². The van der Waals surface area contributed by atoms with Crippen LogP contribution in [0.4, 0.5) is 5.69 Å². The van der Waals surface area contributed by atoms with Crippen molar-refractivity contribution in [3.05, 3.63) is 92.7 Å². The van der Waals surface area contributed by atoms with E-state index in [1.165, 1.54) is 6.20 Å². The predicted molar refractivity (Wildman–Crippen MR) is 114 cm³/mol. The first-order valence-corrected chi connectivity index (χ1v) is 9.65. The minimum Gasteiger partial charge on any atom is -0.348 e. The molecule has 142 valence electrons. The van der Waals surface area contributed by atoms with E-state index < -0.39 is 0 Å². The van der Waals surface area contributed by atoms with Crippen molar-refractivity contribution in [2.45, 2.75) is 13.5 Å². The Hall–Kier alpha value is -2.70. The van der Waals surface area contributed by atoms with Gasteiger partial charge < -0.3 is 10.6 Å². The van der Waals surface area contributed by atoms with Gasteiger partial charge in [-0.25, -0.2) is 4.98 Å². The molecule has 0 spiro atoms. The molecular weight excluding hydrogens is 442 g/mol. The summed E-state index contributed by atoms with van der Waals surface area (Å²) < 4.78 is 0.669. The number of rotatable bonds is 5. The number of aryl methyl sites for hydroxylation is 1. The average molecular weight is 459 g/mol. The summed E-state index contributed by atoms with van der Waals surface area (Å²) in [6.45, 7) is 2.26. The van der Waals surface area contributed by atoms with Gasteiger partial charge in [0, 0.05) is 28.5 Å². The summed E-state index contributed by atoms with van der Waals surface area (Å²) in [5, 5.41) is 5.81. The number of halogens is 2. The highest BCUT2D eigenvalue weighted by Gasteiger charge is 2.12. The van der Waals surface area contributed by atoms with Gasteiger partial charge in [0.05, 0.1) is 5.56 Å². The van der Waals surface area contributed by atoms with Crippen molar-refractivity contribution in [2.75, 3.05) is 5.32 Å². The number of amides is 2. The van der Waals surface area contributed by atoms with Gasteiger partial charge in [0.25, 0.3) is 11.8 Å². The summed E-state index contributed by atoms with van der Waals surface area (Å²) in [5.74, 6) is -0.513. The van der Waals surface area contributed by atoms with Crippen molar-refractivity contribution < 1.29 is 9.59 Å². The van der Waals surface area contributed by atoms with E-state index in [0.717, 1.165) is 11.1 Å². The zero-order valence-electron chi connectivity index (χ0n) is 15.0. The molecule has 1 heterocycles. The molecule has 0 aliphatic heterocycles. The average Bonchev–Trinajstić information content (AvgIpc) is 2.68. The molecule has 3 aromatic rings. The Labute approximate surface area is 176 Å². The Kier molecular flexibility index (Phi) is 6.44. The second kappa shape index (κ2) is 8.99. The standard InChI is InChI=1S/C21H17BrClN3O2/c1-13-5-7-15(8-6-13)20(27)26-17-4-2-3-14(9-17)11-25-21(28)18-10-16(22)12-24-19(18)23/h2-10,12H,11H2,1H3,(H,25,28)(H,26,27). The zero-order chi connectivity index (χ0) is 20.1. The molecule has 0 bridgehead atoms. The van der Waals surface area contributed by atoms with Crippen LogP contribution in [0.15, 0.2) is 65.3 Å². The highest BCUT2D eigenvalue weighted by atomic mass is 79.9. The Morgan fingerprint density at radius 2 is 1.82 bits per heavy atom. The molecule has 2 aromatic carbocycles. The summed E-state index contributed by atoms with van der Waals surface area (Å²) in [4.78, 5) is 28.6. The summed E-state index contributed by atoms with van der Waals surface area (Å²) in [5.41, 5.74) is 3.46. The lowest BCUT2D eigenvalue weighted by Crippen LogP contribution is -2.23. The first-order chi connectivity index (χ1) is 13.4. The Morgan fingerprint density at radius 3 is 2.57 bits per heavy atom. The van der Waals surface area contributed by atoms with Gasteiger partial charge in [-0.3, -0.25) is 9.59 Å². The number of benzene rings is 2. The van der Waals surface area contributed by atoms with Crippen LogP contribution in [0.3, 0.4) is 0 Å². The number of aromatic nitrogens is 1. The quantitative estimate of drug-likeness (QED) is 0.529. The van der Waals surface area contributed by atoms with Gasteiger partial charge in [0.1, 0.15) is 5.15 Å². The number of hydrogen-bond donors (Lipinski definition) is 2. The lowest BCUT2D eigenvalue weighted by atomic mass is 10.1. The van der Waals surface area contributed by atoms with Gasteiger partial charge in [-0.05, 0) is 58.7 Å². The normalized spacial score (nSPS) is 10.4. The molecule has 1 aromatic heterocycles. The van der Waals surface area contributed by atoms with Crippen molar-refractivity contribution in [3.63, 3.8) is 0 Å². The summed E-state index contributed by atoms with van der Waals surface area (Å²) in [7, 11) is 0. The molecule has 0 saturated heterocycles. The van der Waals surface area contributed by atoms with Crippen LogP contribution in [-0.4, -0.2) is 16.8 Å². The van der Waals surface area contributed by atoms with Gasteiger partial charge in [0.2, 0.25) is 0 Å². The Morgan fingerprint density at radius 1 is 1.07 bits per heavy atom. The maximum atomic E-state index is 12.4. The van der Waals surface area contributed by atoms with Crippen LogP contribution >= 0.6 is 27.5 Å². The molecule has 0 atom stereocenters. The van der Waals surface area contributed by atoms with Crippen LogP contribution in [0, 0.1) is 6.92 Å². The molecule has 2 N–H and O–H groups in total. The fraction of sp³-hybridized carbons (Fsp3) is 0.0952. The third-order valence-corrected chi connectivity index (χ3v) is 4.74. The van der Waals surface area contributed by atoms with Gasteiger partial charge in [-0.1, -0.05) is 41.4 Å². The Bertz CT molecular complexity index is 1020. The van der Waals surface area contributed by atoms with Crippen molar-refractivity contribution >= 4 is 45.0 Å². The topological polar surface area (TPSA) is 71.1 Å². The molecule has 2 amide bonds. The van der Waals surface area contributed by atoms with Crippen LogP contribution < -0.4 is 10.6 Å². The molecule has 3 rings (SSSR count). The Balaban J connectivity index is 1.64. The number of pyridine rings is 1. The second-order valence-electron chi connectivity index (χ2n) is 6.20. The number of carbonyl (C=O) groups is 2. The molecule has 0 aliphatic rings. The second-order valence-corrected chi connectivity index (χ2v) is 7.47. The van der Waals surface area contributed by atoms with Gasteiger partial charge in [-0.2, -0.15) is 0 Å². The first kappa shape index (κ1) is 20.0. The van der Waals surface area contributed by atoms with Crippen LogP contribution in [-0.2, 0) is 6.54 Å². The number of carbonyl (C=O) groups excluding carboxylic acids is 2. The van der Waals surface area contributed by atoms with Crippen molar-refractivity contribution in [3.8, 4) is 0 Å². The van der Waals surface area contributed by atoms with Gasteiger partial charge >= 0.3 is 0 Å². The van der Waals surface area contributed by atoms with Crippen LogP contribution in [0.25, 0.3) is 0 Å². The fourth-order valence-electron chi connectivity index (χ4n) is 2.53. The largest absolute Gasteiger partial charge is 0.348 e. The van der Waals surface area contributed by atoms with Crippen LogP contribution in [0.5, 0.6) is 0 Å². The number of hydrogen-bond acceptors (Lipinski definition) is 3. The third kappa shape index (κ3) is 5.18. The molecule has 0 unspecified atom stereocenters. The maximum absolute atomic E-state index is 12.4. The highest BCUT2D eigenvalue weighted by Crippen LogP contribution is 2.18. The lowest BCUT2D eigenvalue weighted by molar-refractivity contribution is 0.0949. The van der Waals surface area contributed by atoms with Crippen molar-refractivity contribution in [1.29, 1.82) is 0 Å². The number of nitrogens with one attached hydrogen (secondary N) is 2. The summed E-state index contributed by atoms with van der Waals surface area (Å²) in [6, 6.07) is 16.3. The van der Waals surface area contributed by atoms with Gasteiger partial charge in [0.15, 0.2) is 0 Å². The smallest absolute Gasteiger partial charge is 0.255 e. The van der Waals surface area contributed by atoms with E-state index in [-0.39, 0.29) is 23.5 Å². The third-order valence-electron chi connectivity index (χ3n) is 4.00. The summed E-state index contributed by atoms with van der Waals surface area (Å²) >= 11 is 9.26. The van der Waals surface area contributed by atoms with Gasteiger partial charge in [-0.15, -0.1) is 0 Å². The van der Waals surface area contributed by atoms with E-state index in [9.17, 15) is 9.59 Å². The first-order valence-electron chi connectivity index (χ1n) is 8.48. The SMILES string of the molecule is Cc1ccc(C(=O)Nc2cccc(CNC(=O)c3cc(Br)cnc3Cl)c2)cc1.